The lowest BCUT2D eigenvalue weighted by Crippen LogP contribution is -2.52. The van der Waals surface area contributed by atoms with Crippen LogP contribution in [0.3, 0.4) is 0 Å². The second kappa shape index (κ2) is 6.55. The summed E-state index contributed by atoms with van der Waals surface area (Å²) >= 11 is 0. The van der Waals surface area contributed by atoms with Crippen molar-refractivity contribution in [3.05, 3.63) is 0 Å². The zero-order valence-corrected chi connectivity index (χ0v) is 12.5. The summed E-state index contributed by atoms with van der Waals surface area (Å²) in [5, 5.41) is 3.12. The smallest absolute Gasteiger partial charge is 0.237 e. The molecule has 1 aliphatic rings. The third kappa shape index (κ3) is 4.60. The topological polar surface area (TPSA) is 55.1 Å². The number of nitrogens with one attached hydrogen (secondary N) is 1. The van der Waals surface area contributed by atoms with E-state index in [0.29, 0.717) is 5.92 Å². The molecule has 106 valence electrons. The van der Waals surface area contributed by atoms with E-state index >= 15 is 0 Å². The highest BCUT2D eigenvalue weighted by molar-refractivity contribution is 5.82. The van der Waals surface area contributed by atoms with Crippen LogP contribution in [0.1, 0.15) is 66.2 Å². The van der Waals surface area contributed by atoms with Gasteiger partial charge in [0.2, 0.25) is 5.91 Å². The molecule has 0 heterocycles. The zero-order valence-electron chi connectivity index (χ0n) is 12.5. The normalized spacial score (nSPS) is 22.1. The lowest BCUT2D eigenvalue weighted by Gasteiger charge is -2.30. The molecule has 0 aliphatic heterocycles. The first-order valence-corrected chi connectivity index (χ1v) is 7.38. The van der Waals surface area contributed by atoms with Gasteiger partial charge >= 0.3 is 0 Å². The molecule has 3 N–H and O–H groups in total. The van der Waals surface area contributed by atoms with Crippen LogP contribution in [0, 0.1) is 11.3 Å². The number of hydrogen-bond donors (Lipinski definition) is 2. The summed E-state index contributed by atoms with van der Waals surface area (Å²) in [4.78, 5) is 12.1. The van der Waals surface area contributed by atoms with E-state index in [1.165, 1.54) is 38.5 Å². The van der Waals surface area contributed by atoms with Crippen LogP contribution in [0.4, 0.5) is 0 Å². The van der Waals surface area contributed by atoms with Gasteiger partial charge in [0, 0.05) is 6.04 Å². The van der Waals surface area contributed by atoms with Crippen molar-refractivity contribution in [1.29, 1.82) is 0 Å². The molecule has 0 aromatic heterocycles. The fourth-order valence-electron chi connectivity index (χ4n) is 2.64. The predicted octanol–water partition coefficient (Wildman–Crippen LogP) is 2.83. The average Bonchev–Trinajstić information content (AvgIpc) is 2.55. The molecule has 18 heavy (non-hydrogen) atoms. The maximum atomic E-state index is 12.1. The van der Waals surface area contributed by atoms with E-state index in [2.05, 4.69) is 12.2 Å². The Morgan fingerprint density at radius 3 is 2.11 bits per heavy atom. The summed E-state index contributed by atoms with van der Waals surface area (Å²) in [6.07, 6.45) is 7.78. The number of carbonyl (C=O) groups excluding carboxylic acids is 1. The van der Waals surface area contributed by atoms with Gasteiger partial charge in [0.05, 0.1) is 6.04 Å². The van der Waals surface area contributed by atoms with Crippen LogP contribution in [0.25, 0.3) is 0 Å². The molecule has 1 aliphatic carbocycles. The van der Waals surface area contributed by atoms with Crippen molar-refractivity contribution in [2.45, 2.75) is 78.3 Å². The molecule has 1 fully saturated rings. The summed E-state index contributed by atoms with van der Waals surface area (Å²) in [6, 6.07) is -0.172. The van der Waals surface area contributed by atoms with E-state index in [9.17, 15) is 4.79 Å². The molecule has 0 bridgehead atoms. The van der Waals surface area contributed by atoms with Crippen LogP contribution in [-0.2, 0) is 4.79 Å². The molecular formula is C15H30N2O. The van der Waals surface area contributed by atoms with Gasteiger partial charge in [-0.1, -0.05) is 46.5 Å². The number of hydrogen-bond acceptors (Lipinski definition) is 2. The Balaban J connectivity index is 2.47. The molecule has 0 saturated heterocycles. The van der Waals surface area contributed by atoms with Crippen LogP contribution >= 0.6 is 0 Å². The molecule has 0 aromatic rings. The van der Waals surface area contributed by atoms with Gasteiger partial charge < -0.3 is 11.1 Å². The van der Waals surface area contributed by atoms with Gasteiger partial charge in [-0.15, -0.1) is 0 Å². The van der Waals surface area contributed by atoms with Crippen LogP contribution < -0.4 is 11.1 Å². The third-order valence-corrected chi connectivity index (χ3v) is 4.19. The average molecular weight is 254 g/mol. The largest absolute Gasteiger partial charge is 0.352 e. The summed E-state index contributed by atoms with van der Waals surface area (Å²) < 4.78 is 0. The van der Waals surface area contributed by atoms with Crippen LogP contribution in [-0.4, -0.2) is 18.0 Å². The van der Waals surface area contributed by atoms with E-state index in [0.717, 1.165) is 0 Å². The lowest BCUT2D eigenvalue weighted by atomic mass is 9.86. The summed E-state index contributed by atoms with van der Waals surface area (Å²) in [7, 11) is 0. The second-order valence-corrected chi connectivity index (χ2v) is 6.89. The first kappa shape index (κ1) is 15.5. The predicted molar refractivity (Wildman–Crippen MR) is 76.2 cm³/mol. The van der Waals surface area contributed by atoms with Crippen LogP contribution in [0.2, 0.25) is 0 Å². The Bertz CT molecular complexity index is 262. The van der Waals surface area contributed by atoms with Gasteiger partial charge in [0.1, 0.15) is 0 Å². The minimum absolute atomic E-state index is 0.000697. The molecule has 0 radical (unpaired) electrons. The molecule has 2 atom stereocenters. The molecule has 0 aromatic carbocycles. The Labute approximate surface area is 112 Å². The van der Waals surface area contributed by atoms with E-state index in [4.69, 9.17) is 5.73 Å². The summed E-state index contributed by atoms with van der Waals surface area (Å²) in [6.45, 7) is 8.15. The van der Waals surface area contributed by atoms with Gasteiger partial charge in [-0.3, -0.25) is 4.79 Å². The Morgan fingerprint density at radius 1 is 1.17 bits per heavy atom. The maximum absolute atomic E-state index is 12.1. The van der Waals surface area contributed by atoms with Crippen molar-refractivity contribution < 1.29 is 4.79 Å². The summed E-state index contributed by atoms with van der Waals surface area (Å²) in [5.41, 5.74) is 5.82. The van der Waals surface area contributed by atoms with Gasteiger partial charge in [-0.05, 0) is 31.1 Å². The van der Waals surface area contributed by atoms with Crippen molar-refractivity contribution in [3.63, 3.8) is 0 Å². The number of carbonyl (C=O) groups is 1. The van der Waals surface area contributed by atoms with Crippen LogP contribution in [0.15, 0.2) is 0 Å². The summed E-state index contributed by atoms with van der Waals surface area (Å²) in [5.74, 6) is 0.628. The monoisotopic (exact) mass is 254 g/mol. The standard InChI is InChI=1S/C15H30N2O/c1-11(12-9-7-5-6-8-10-12)17-14(18)13(16)15(2,3)4/h11-13H,5-10,16H2,1-4H3,(H,17,18)/t11-,13-/m1/s1. The first-order valence-electron chi connectivity index (χ1n) is 7.38. The van der Waals surface area contributed by atoms with Gasteiger partial charge in [0.25, 0.3) is 0 Å². The second-order valence-electron chi connectivity index (χ2n) is 6.89. The molecular weight excluding hydrogens is 224 g/mol. The fourth-order valence-corrected chi connectivity index (χ4v) is 2.64. The van der Waals surface area contributed by atoms with E-state index in [1.54, 1.807) is 0 Å². The minimum atomic E-state index is -0.425. The zero-order chi connectivity index (χ0) is 13.8. The first-order chi connectivity index (χ1) is 8.32. The molecule has 1 rings (SSSR count). The van der Waals surface area contributed by atoms with E-state index in [1.807, 2.05) is 20.8 Å². The molecule has 1 amide bonds. The van der Waals surface area contributed by atoms with E-state index in [-0.39, 0.29) is 17.4 Å². The third-order valence-electron chi connectivity index (χ3n) is 4.19. The van der Waals surface area contributed by atoms with Gasteiger partial charge in [0.15, 0.2) is 0 Å². The minimum Gasteiger partial charge on any atom is -0.352 e. The Kier molecular flexibility index (Phi) is 5.64. The van der Waals surface area contributed by atoms with Crippen LogP contribution in [0.5, 0.6) is 0 Å². The lowest BCUT2D eigenvalue weighted by molar-refractivity contribution is -0.125. The SMILES string of the molecule is C[C@@H](NC(=O)[C@@H](N)C(C)(C)C)C1CCCCCC1. The molecule has 0 unspecified atom stereocenters. The fraction of sp³-hybridized carbons (Fsp3) is 0.933. The highest BCUT2D eigenvalue weighted by Gasteiger charge is 2.29. The molecule has 3 nitrogen and oxygen atoms in total. The number of amides is 1. The van der Waals surface area contributed by atoms with Crippen molar-refractivity contribution in [2.24, 2.45) is 17.1 Å². The highest BCUT2D eigenvalue weighted by Crippen LogP contribution is 2.26. The Morgan fingerprint density at radius 2 is 1.67 bits per heavy atom. The molecule has 0 spiro atoms. The van der Waals surface area contributed by atoms with Gasteiger partial charge in [-0.2, -0.15) is 0 Å². The highest BCUT2D eigenvalue weighted by atomic mass is 16.2. The van der Waals surface area contributed by atoms with Gasteiger partial charge in [-0.25, -0.2) is 0 Å². The van der Waals surface area contributed by atoms with Crippen molar-refractivity contribution in [1.82, 2.24) is 5.32 Å². The number of nitrogens with two attached hydrogens (primary N) is 1. The quantitative estimate of drug-likeness (QED) is 0.761. The maximum Gasteiger partial charge on any atom is 0.237 e. The Hall–Kier alpha value is -0.570. The molecule has 1 saturated carbocycles. The van der Waals surface area contributed by atoms with Crippen molar-refractivity contribution in [2.75, 3.05) is 0 Å². The van der Waals surface area contributed by atoms with Crippen molar-refractivity contribution in [3.8, 4) is 0 Å². The molecule has 3 heteroatoms. The van der Waals surface area contributed by atoms with Crippen molar-refractivity contribution >= 4 is 5.91 Å². The van der Waals surface area contributed by atoms with E-state index < -0.39 is 6.04 Å². The number of rotatable bonds is 3.